The van der Waals surface area contributed by atoms with Crippen molar-refractivity contribution in [1.82, 2.24) is 4.90 Å². The molecule has 136 valence electrons. The molecule has 1 fully saturated rings. The van der Waals surface area contributed by atoms with Crippen molar-refractivity contribution in [3.05, 3.63) is 65.2 Å². The van der Waals surface area contributed by atoms with Crippen LogP contribution in [0.1, 0.15) is 34.3 Å². The molecule has 0 bridgehead atoms. The summed E-state index contributed by atoms with van der Waals surface area (Å²) in [5.41, 5.74) is 2.45. The smallest absolute Gasteiger partial charge is 0.335 e. The summed E-state index contributed by atoms with van der Waals surface area (Å²) in [7, 11) is 0. The first kappa shape index (κ1) is 18.0. The molecule has 1 saturated heterocycles. The molecule has 0 aromatic heterocycles. The van der Waals surface area contributed by atoms with Gasteiger partial charge in [-0.3, -0.25) is 4.79 Å². The topological polar surface area (TPSA) is 77.8 Å². The number of aryl methyl sites for hydroxylation is 1. The zero-order valence-electron chi connectivity index (χ0n) is 14.6. The summed E-state index contributed by atoms with van der Waals surface area (Å²) in [5.74, 6) is -0.0910. The van der Waals surface area contributed by atoms with Crippen molar-refractivity contribution in [2.24, 2.45) is 5.92 Å². The van der Waals surface area contributed by atoms with Crippen LogP contribution in [0.25, 0.3) is 0 Å². The van der Waals surface area contributed by atoms with E-state index in [0.717, 1.165) is 37.1 Å². The molecule has 1 atom stereocenters. The van der Waals surface area contributed by atoms with Gasteiger partial charge >= 0.3 is 5.97 Å². The van der Waals surface area contributed by atoms with E-state index in [0.29, 0.717) is 24.3 Å². The van der Waals surface area contributed by atoms with E-state index in [9.17, 15) is 14.7 Å². The highest BCUT2D eigenvalue weighted by Crippen LogP contribution is 2.22. The molecule has 5 nitrogen and oxygen atoms in total. The summed E-state index contributed by atoms with van der Waals surface area (Å²) in [5, 5.41) is 18.2. The number of rotatable bonds is 6. The molecule has 0 radical (unpaired) electrons. The van der Waals surface area contributed by atoms with E-state index in [1.807, 2.05) is 29.2 Å². The van der Waals surface area contributed by atoms with Crippen molar-refractivity contribution in [2.75, 3.05) is 13.1 Å². The fraction of sp³-hybridized carbons (Fsp3) is 0.333. The number of likely N-dealkylation sites (tertiary alicyclic amines) is 1. The minimum atomic E-state index is -0.914. The van der Waals surface area contributed by atoms with Gasteiger partial charge in [0.25, 0.3) is 0 Å². The Hall–Kier alpha value is -2.82. The Bertz CT molecular complexity index is 768. The Kier molecular flexibility index (Phi) is 5.56. The first-order chi connectivity index (χ1) is 12.5. The van der Waals surface area contributed by atoms with E-state index in [1.54, 1.807) is 24.3 Å². The van der Waals surface area contributed by atoms with Gasteiger partial charge in [-0.15, -0.1) is 0 Å². The van der Waals surface area contributed by atoms with Gasteiger partial charge in [-0.1, -0.05) is 24.3 Å². The second-order valence-corrected chi connectivity index (χ2v) is 6.87. The van der Waals surface area contributed by atoms with E-state index in [-0.39, 0.29) is 11.7 Å². The lowest BCUT2D eigenvalue weighted by Crippen LogP contribution is -2.29. The number of nitrogens with zero attached hydrogens (tertiary/aromatic N) is 1. The lowest BCUT2D eigenvalue weighted by molar-refractivity contribution is -0.130. The van der Waals surface area contributed by atoms with Gasteiger partial charge in [0.2, 0.25) is 5.91 Å². The van der Waals surface area contributed by atoms with Crippen molar-refractivity contribution >= 4 is 11.9 Å². The third-order valence-corrected chi connectivity index (χ3v) is 4.93. The van der Waals surface area contributed by atoms with Crippen LogP contribution in [0.2, 0.25) is 0 Å². The predicted octanol–water partition coefficient (Wildman–Crippen LogP) is 3.11. The molecule has 0 unspecified atom stereocenters. The van der Waals surface area contributed by atoms with Crippen LogP contribution in [-0.2, 0) is 17.6 Å². The fourth-order valence-electron chi connectivity index (χ4n) is 3.41. The third-order valence-electron chi connectivity index (χ3n) is 4.93. The number of carboxylic acids is 1. The number of aromatic carboxylic acids is 1. The molecule has 2 N–H and O–H groups in total. The van der Waals surface area contributed by atoms with Gasteiger partial charge < -0.3 is 15.1 Å². The van der Waals surface area contributed by atoms with Crippen LogP contribution >= 0.6 is 0 Å². The Morgan fingerprint density at radius 1 is 1.00 bits per heavy atom. The number of aromatic hydroxyl groups is 1. The van der Waals surface area contributed by atoms with Gasteiger partial charge in [0.05, 0.1) is 5.56 Å². The molecule has 1 amide bonds. The normalized spacial score (nSPS) is 16.6. The van der Waals surface area contributed by atoms with Crippen LogP contribution < -0.4 is 0 Å². The lowest BCUT2D eigenvalue weighted by Gasteiger charge is -2.17. The molecule has 2 aromatic rings. The monoisotopic (exact) mass is 353 g/mol. The Morgan fingerprint density at radius 3 is 2.31 bits per heavy atom. The van der Waals surface area contributed by atoms with Crippen LogP contribution in [0.4, 0.5) is 0 Å². The molecule has 0 saturated carbocycles. The standard InChI is InChI=1S/C21H23NO4/c23-19-8-3-15(4-9-19)5-10-20(24)22-12-11-17(14-22)13-16-1-6-18(7-2-16)21(25)26/h1-4,6-9,17,23H,5,10-14H2,(H,25,26)/t17-/m0/s1. The van der Waals surface area contributed by atoms with Crippen LogP contribution in [-0.4, -0.2) is 40.1 Å². The number of phenols is 1. The quantitative estimate of drug-likeness (QED) is 0.836. The van der Waals surface area contributed by atoms with Gasteiger partial charge in [0.15, 0.2) is 0 Å². The maximum Gasteiger partial charge on any atom is 0.335 e. The predicted molar refractivity (Wildman–Crippen MR) is 98.2 cm³/mol. The van der Waals surface area contributed by atoms with Crippen LogP contribution in [0.15, 0.2) is 48.5 Å². The molecule has 2 aromatic carbocycles. The first-order valence-corrected chi connectivity index (χ1v) is 8.89. The second-order valence-electron chi connectivity index (χ2n) is 6.87. The zero-order valence-corrected chi connectivity index (χ0v) is 14.6. The Labute approximate surface area is 152 Å². The van der Waals surface area contributed by atoms with Crippen molar-refractivity contribution in [1.29, 1.82) is 0 Å². The summed E-state index contributed by atoms with van der Waals surface area (Å²) >= 11 is 0. The average molecular weight is 353 g/mol. The number of amides is 1. The van der Waals surface area contributed by atoms with E-state index in [4.69, 9.17) is 5.11 Å². The number of carbonyl (C=O) groups is 2. The maximum atomic E-state index is 12.4. The van der Waals surface area contributed by atoms with Crippen molar-refractivity contribution in [3.8, 4) is 5.75 Å². The molecular weight excluding hydrogens is 330 g/mol. The lowest BCUT2D eigenvalue weighted by atomic mass is 9.98. The van der Waals surface area contributed by atoms with Crippen LogP contribution in [0, 0.1) is 5.92 Å². The van der Waals surface area contributed by atoms with Gasteiger partial charge in [0.1, 0.15) is 5.75 Å². The summed E-state index contributed by atoms with van der Waals surface area (Å²) in [6, 6.07) is 14.0. The number of hydrogen-bond acceptors (Lipinski definition) is 3. The molecule has 3 rings (SSSR count). The van der Waals surface area contributed by atoms with Crippen LogP contribution in [0.5, 0.6) is 5.75 Å². The fourth-order valence-corrected chi connectivity index (χ4v) is 3.41. The SMILES string of the molecule is O=C(O)c1ccc(C[C@@H]2CCN(C(=O)CCc3ccc(O)cc3)C2)cc1. The highest BCUT2D eigenvalue weighted by Gasteiger charge is 2.26. The van der Waals surface area contributed by atoms with Crippen molar-refractivity contribution in [3.63, 3.8) is 0 Å². The summed E-state index contributed by atoms with van der Waals surface area (Å²) in [6.07, 6.45) is 3.00. The largest absolute Gasteiger partial charge is 0.508 e. The molecule has 1 aliphatic heterocycles. The summed E-state index contributed by atoms with van der Waals surface area (Å²) < 4.78 is 0. The van der Waals surface area contributed by atoms with E-state index < -0.39 is 5.97 Å². The minimum Gasteiger partial charge on any atom is -0.508 e. The van der Waals surface area contributed by atoms with E-state index >= 15 is 0 Å². The van der Waals surface area contributed by atoms with E-state index in [2.05, 4.69) is 0 Å². The zero-order chi connectivity index (χ0) is 18.5. The molecule has 0 aliphatic carbocycles. The van der Waals surface area contributed by atoms with Gasteiger partial charge in [0, 0.05) is 19.5 Å². The maximum absolute atomic E-state index is 12.4. The number of carboxylic acid groups (broad SMARTS) is 1. The average Bonchev–Trinajstić information content (AvgIpc) is 3.10. The molecule has 0 spiro atoms. The van der Waals surface area contributed by atoms with Gasteiger partial charge in [-0.2, -0.15) is 0 Å². The second kappa shape index (κ2) is 8.04. The third kappa shape index (κ3) is 4.63. The van der Waals surface area contributed by atoms with Crippen molar-refractivity contribution in [2.45, 2.75) is 25.7 Å². The number of phenolic OH excluding ortho intramolecular Hbond substituents is 1. The number of benzene rings is 2. The summed E-state index contributed by atoms with van der Waals surface area (Å²) in [4.78, 5) is 25.2. The molecular formula is C21H23NO4. The number of hydrogen-bond donors (Lipinski definition) is 2. The molecule has 1 aliphatic rings. The highest BCUT2D eigenvalue weighted by atomic mass is 16.4. The van der Waals surface area contributed by atoms with Gasteiger partial charge in [-0.05, 0) is 60.6 Å². The van der Waals surface area contributed by atoms with Crippen molar-refractivity contribution < 1.29 is 19.8 Å². The van der Waals surface area contributed by atoms with Crippen LogP contribution in [0.3, 0.4) is 0 Å². The molecule has 1 heterocycles. The molecule has 5 heteroatoms. The minimum absolute atomic E-state index is 0.168. The number of carbonyl (C=O) groups excluding carboxylic acids is 1. The summed E-state index contributed by atoms with van der Waals surface area (Å²) in [6.45, 7) is 1.54. The van der Waals surface area contributed by atoms with Gasteiger partial charge in [-0.25, -0.2) is 4.79 Å². The first-order valence-electron chi connectivity index (χ1n) is 8.89. The Balaban J connectivity index is 1.47. The molecule has 26 heavy (non-hydrogen) atoms. The Morgan fingerprint density at radius 2 is 1.65 bits per heavy atom. The van der Waals surface area contributed by atoms with E-state index in [1.165, 1.54) is 0 Å². The highest BCUT2D eigenvalue weighted by molar-refractivity contribution is 5.87.